The number of anilines is 1. The van der Waals surface area contributed by atoms with Gasteiger partial charge in [0, 0.05) is 63.2 Å². The van der Waals surface area contributed by atoms with E-state index < -0.39 is 0 Å². The minimum absolute atomic E-state index is 0.0553. The van der Waals surface area contributed by atoms with Crippen LogP contribution in [0, 0.1) is 5.41 Å². The third-order valence-electron chi connectivity index (χ3n) is 5.16. The molecule has 2 saturated heterocycles. The molecule has 1 spiro atoms. The maximum absolute atomic E-state index is 12.0. The van der Waals surface area contributed by atoms with E-state index in [2.05, 4.69) is 9.88 Å². The van der Waals surface area contributed by atoms with Gasteiger partial charge in [-0.15, -0.1) is 11.3 Å². The van der Waals surface area contributed by atoms with Crippen molar-refractivity contribution in [3.8, 4) is 0 Å². The lowest BCUT2D eigenvalue weighted by Crippen LogP contribution is -2.54. The highest BCUT2D eigenvalue weighted by Gasteiger charge is 2.41. The normalized spacial score (nSPS) is 25.5. The molecule has 1 aromatic heterocycles. The molecule has 1 N–H and O–H groups in total. The smallest absolute Gasteiger partial charge is 0.222 e. The molecule has 0 saturated carbocycles. The molecule has 1 atom stereocenters. The molecular weight excluding hydrogens is 324 g/mol. The molecule has 0 aliphatic carbocycles. The monoisotopic (exact) mass is 352 g/mol. The van der Waals surface area contributed by atoms with E-state index in [0.717, 1.165) is 37.7 Å². The van der Waals surface area contributed by atoms with Gasteiger partial charge in [-0.3, -0.25) is 9.69 Å². The predicted octanol–water partition coefficient (Wildman–Crippen LogP) is 1.41. The molecule has 3 heterocycles. The quantitative estimate of drug-likeness (QED) is 0.868. The first-order valence-corrected chi connectivity index (χ1v) is 9.56. The molecular formula is C17H28N4O2S. The van der Waals surface area contributed by atoms with Crippen LogP contribution in [0.4, 0.5) is 5.13 Å². The summed E-state index contributed by atoms with van der Waals surface area (Å²) in [7, 11) is 4.04. The van der Waals surface area contributed by atoms with Gasteiger partial charge in [0.1, 0.15) is 0 Å². The third-order valence-corrected chi connectivity index (χ3v) is 6.31. The largest absolute Gasteiger partial charge is 0.395 e. The van der Waals surface area contributed by atoms with Crippen LogP contribution in [0.15, 0.2) is 6.20 Å². The van der Waals surface area contributed by atoms with Crippen molar-refractivity contribution in [1.29, 1.82) is 0 Å². The minimum Gasteiger partial charge on any atom is -0.395 e. The molecule has 7 heteroatoms. The Morgan fingerprint density at radius 3 is 2.92 bits per heavy atom. The Labute approximate surface area is 148 Å². The Morgan fingerprint density at radius 2 is 2.21 bits per heavy atom. The first-order chi connectivity index (χ1) is 11.5. The van der Waals surface area contributed by atoms with Crippen molar-refractivity contribution in [2.24, 2.45) is 5.41 Å². The summed E-state index contributed by atoms with van der Waals surface area (Å²) in [5.74, 6) is 0.199. The molecule has 3 rings (SSSR count). The van der Waals surface area contributed by atoms with Crippen LogP contribution in [-0.2, 0) is 11.3 Å². The van der Waals surface area contributed by atoms with Gasteiger partial charge in [-0.25, -0.2) is 4.98 Å². The number of aliphatic hydroxyl groups is 1. The molecule has 0 radical (unpaired) electrons. The van der Waals surface area contributed by atoms with Crippen LogP contribution in [0.2, 0.25) is 0 Å². The van der Waals surface area contributed by atoms with Gasteiger partial charge < -0.3 is 14.9 Å². The zero-order chi connectivity index (χ0) is 17.2. The van der Waals surface area contributed by atoms with Crippen molar-refractivity contribution in [1.82, 2.24) is 14.8 Å². The number of hydrogen-bond donors (Lipinski definition) is 1. The van der Waals surface area contributed by atoms with Crippen molar-refractivity contribution < 1.29 is 9.90 Å². The third kappa shape index (κ3) is 3.90. The van der Waals surface area contributed by atoms with E-state index in [9.17, 15) is 9.90 Å². The van der Waals surface area contributed by atoms with Crippen LogP contribution in [0.1, 0.15) is 30.6 Å². The Bertz CT molecular complexity index is 577. The predicted molar refractivity (Wildman–Crippen MR) is 96.3 cm³/mol. The number of carbonyl (C=O) groups excluding carboxylic acids is 1. The van der Waals surface area contributed by atoms with Crippen molar-refractivity contribution in [3.63, 3.8) is 0 Å². The van der Waals surface area contributed by atoms with Gasteiger partial charge in [-0.05, 0) is 25.8 Å². The van der Waals surface area contributed by atoms with Gasteiger partial charge >= 0.3 is 0 Å². The number of piperidine rings is 2. The summed E-state index contributed by atoms with van der Waals surface area (Å²) in [4.78, 5) is 24.2. The highest BCUT2D eigenvalue weighted by Crippen LogP contribution is 2.39. The molecule has 2 aliphatic rings. The van der Waals surface area contributed by atoms with Gasteiger partial charge in [0.15, 0.2) is 5.13 Å². The highest BCUT2D eigenvalue weighted by molar-refractivity contribution is 7.15. The highest BCUT2D eigenvalue weighted by atomic mass is 32.1. The molecule has 2 fully saturated rings. The maximum Gasteiger partial charge on any atom is 0.222 e. The SMILES string of the molecule is CN(C)c1ncc(CN2CCC[C@]3(CCC(=O)N(CCO)C3)C2)s1. The molecule has 134 valence electrons. The molecule has 0 aromatic carbocycles. The number of amides is 1. The number of likely N-dealkylation sites (tertiary alicyclic amines) is 2. The minimum atomic E-state index is 0.0553. The fraction of sp³-hybridized carbons (Fsp3) is 0.765. The Balaban J connectivity index is 1.64. The summed E-state index contributed by atoms with van der Waals surface area (Å²) < 4.78 is 0. The second-order valence-electron chi connectivity index (χ2n) is 7.36. The van der Waals surface area contributed by atoms with Gasteiger partial charge in [-0.2, -0.15) is 0 Å². The number of aromatic nitrogens is 1. The Kier molecular flexibility index (Phi) is 5.42. The molecule has 0 bridgehead atoms. The van der Waals surface area contributed by atoms with E-state index in [-0.39, 0.29) is 17.9 Å². The number of aliphatic hydroxyl groups excluding tert-OH is 1. The zero-order valence-electron chi connectivity index (χ0n) is 14.7. The van der Waals surface area contributed by atoms with Crippen molar-refractivity contribution >= 4 is 22.4 Å². The summed E-state index contributed by atoms with van der Waals surface area (Å²) in [6.07, 6.45) is 5.96. The molecule has 0 unspecified atom stereocenters. The van der Waals surface area contributed by atoms with Crippen LogP contribution >= 0.6 is 11.3 Å². The van der Waals surface area contributed by atoms with Crippen LogP contribution in [0.5, 0.6) is 0 Å². The molecule has 1 aromatic rings. The topological polar surface area (TPSA) is 59.9 Å². The van der Waals surface area contributed by atoms with E-state index >= 15 is 0 Å². The van der Waals surface area contributed by atoms with Gasteiger partial charge in [0.2, 0.25) is 5.91 Å². The van der Waals surface area contributed by atoms with Gasteiger partial charge in [-0.1, -0.05) is 0 Å². The number of carbonyl (C=O) groups is 1. The number of hydrogen-bond acceptors (Lipinski definition) is 6. The molecule has 24 heavy (non-hydrogen) atoms. The van der Waals surface area contributed by atoms with E-state index in [4.69, 9.17) is 0 Å². The lowest BCUT2D eigenvalue weighted by atomic mass is 9.73. The average molecular weight is 353 g/mol. The second kappa shape index (κ2) is 7.37. The van der Waals surface area contributed by atoms with E-state index in [1.807, 2.05) is 30.1 Å². The number of nitrogens with zero attached hydrogens (tertiary/aromatic N) is 4. The van der Waals surface area contributed by atoms with E-state index in [1.165, 1.54) is 17.7 Å². The average Bonchev–Trinajstić information content (AvgIpc) is 3.00. The van der Waals surface area contributed by atoms with Crippen LogP contribution in [0.3, 0.4) is 0 Å². The van der Waals surface area contributed by atoms with E-state index in [0.29, 0.717) is 13.0 Å². The number of rotatable bonds is 5. The molecule has 6 nitrogen and oxygen atoms in total. The van der Waals surface area contributed by atoms with Crippen molar-refractivity contribution in [3.05, 3.63) is 11.1 Å². The summed E-state index contributed by atoms with van der Waals surface area (Å²) in [5.41, 5.74) is 0.205. The zero-order valence-corrected chi connectivity index (χ0v) is 15.5. The van der Waals surface area contributed by atoms with Crippen molar-refractivity contribution in [2.45, 2.75) is 32.2 Å². The molecule has 2 aliphatic heterocycles. The van der Waals surface area contributed by atoms with Gasteiger partial charge in [0.05, 0.1) is 6.61 Å². The summed E-state index contributed by atoms with van der Waals surface area (Å²) >= 11 is 1.75. The lowest BCUT2D eigenvalue weighted by molar-refractivity contribution is -0.140. The van der Waals surface area contributed by atoms with Crippen LogP contribution in [-0.4, -0.2) is 72.7 Å². The Hall–Kier alpha value is -1.18. The second-order valence-corrected chi connectivity index (χ2v) is 8.45. The first kappa shape index (κ1) is 17.6. The number of β-amino-alcohol motifs (C(OH)–C–C–N with tert-alkyl or cyclic N) is 1. The number of thiazole rings is 1. The van der Waals surface area contributed by atoms with E-state index in [1.54, 1.807) is 11.3 Å². The Morgan fingerprint density at radius 1 is 1.38 bits per heavy atom. The van der Waals surface area contributed by atoms with Crippen LogP contribution in [0.25, 0.3) is 0 Å². The fourth-order valence-electron chi connectivity index (χ4n) is 4.00. The summed E-state index contributed by atoms with van der Waals surface area (Å²) in [6, 6.07) is 0. The standard InChI is InChI=1S/C17H28N4O2S/c1-19(2)16-18-10-14(24-16)11-20-7-3-5-17(12-20)6-4-15(23)21(13-17)8-9-22/h10,22H,3-9,11-13H2,1-2H3/t17-/m0/s1. The van der Waals surface area contributed by atoms with Crippen molar-refractivity contribution in [2.75, 3.05) is 51.8 Å². The van der Waals surface area contributed by atoms with Gasteiger partial charge in [0.25, 0.3) is 0 Å². The fourth-order valence-corrected chi connectivity index (χ4v) is 4.88. The summed E-state index contributed by atoms with van der Waals surface area (Å²) in [6.45, 7) is 4.43. The summed E-state index contributed by atoms with van der Waals surface area (Å²) in [5, 5.41) is 10.3. The lowest BCUT2D eigenvalue weighted by Gasteiger charge is -2.48. The molecule has 1 amide bonds. The maximum atomic E-state index is 12.0. The van der Waals surface area contributed by atoms with Crippen LogP contribution < -0.4 is 4.90 Å². The first-order valence-electron chi connectivity index (χ1n) is 8.74.